The molecule has 0 saturated carbocycles. The van der Waals surface area contributed by atoms with Gasteiger partial charge in [-0.15, -0.1) is 0 Å². The van der Waals surface area contributed by atoms with Crippen LogP contribution in [0.15, 0.2) is 18.2 Å². The summed E-state index contributed by atoms with van der Waals surface area (Å²) in [5.74, 6) is 1.49. The number of thioether (sulfide) groups is 1. The molecule has 2 bridgehead atoms. The minimum Gasteiger partial charge on any atom is -0.497 e. The summed E-state index contributed by atoms with van der Waals surface area (Å²) in [5.41, 5.74) is 0.208. The van der Waals surface area contributed by atoms with Gasteiger partial charge in [-0.25, -0.2) is 0 Å². The molecule has 4 heteroatoms. The Balaban J connectivity index is 1.96. The highest BCUT2D eigenvalue weighted by molar-refractivity contribution is 8.00. The Morgan fingerprint density at radius 2 is 1.58 bits per heavy atom. The van der Waals surface area contributed by atoms with Gasteiger partial charge in [0.2, 0.25) is 0 Å². The van der Waals surface area contributed by atoms with Crippen molar-refractivity contribution in [2.75, 3.05) is 14.2 Å². The average molecular weight is 280 g/mol. The van der Waals surface area contributed by atoms with Crippen LogP contribution in [0.25, 0.3) is 0 Å². The molecular weight excluding hydrogens is 260 g/mol. The van der Waals surface area contributed by atoms with Gasteiger partial charge in [-0.3, -0.25) is 0 Å². The fraction of sp³-hybridized carbons (Fsp3) is 0.600. The Hall–Kier alpha value is -0.870. The van der Waals surface area contributed by atoms with E-state index in [1.807, 2.05) is 30.0 Å². The smallest absolute Gasteiger partial charge is 0.122 e. The number of benzene rings is 1. The molecule has 3 rings (SSSR count). The van der Waals surface area contributed by atoms with E-state index in [0.717, 1.165) is 29.9 Å². The van der Waals surface area contributed by atoms with Gasteiger partial charge in [0.15, 0.2) is 0 Å². The third-order valence-electron chi connectivity index (χ3n) is 4.22. The molecule has 0 aliphatic carbocycles. The van der Waals surface area contributed by atoms with E-state index in [2.05, 4.69) is 0 Å². The van der Waals surface area contributed by atoms with E-state index in [0.29, 0.717) is 10.5 Å². The first-order valence-corrected chi connectivity index (χ1v) is 7.68. The van der Waals surface area contributed by atoms with Gasteiger partial charge in [0.05, 0.1) is 19.8 Å². The third kappa shape index (κ3) is 2.43. The van der Waals surface area contributed by atoms with Crippen molar-refractivity contribution in [3.8, 4) is 11.5 Å². The first-order valence-electron chi connectivity index (χ1n) is 6.74. The molecule has 1 aromatic rings. The summed E-state index contributed by atoms with van der Waals surface area (Å²) < 4.78 is 10.6. The average Bonchev–Trinajstić information content (AvgIpc) is 2.77. The number of aliphatic hydroxyl groups is 1. The molecule has 2 aliphatic heterocycles. The van der Waals surface area contributed by atoms with Gasteiger partial charge in [-0.05, 0) is 43.4 Å². The highest BCUT2D eigenvalue weighted by Gasteiger charge is 2.44. The topological polar surface area (TPSA) is 38.7 Å². The van der Waals surface area contributed by atoms with Gasteiger partial charge in [0.1, 0.15) is 11.5 Å². The van der Waals surface area contributed by atoms with E-state index in [1.54, 1.807) is 14.2 Å². The van der Waals surface area contributed by atoms with Crippen LogP contribution in [0.1, 0.15) is 31.2 Å². The Morgan fingerprint density at radius 3 is 2.05 bits per heavy atom. The number of rotatable bonds is 3. The minimum atomic E-state index is -0.723. The zero-order valence-electron chi connectivity index (χ0n) is 11.4. The van der Waals surface area contributed by atoms with E-state index >= 15 is 0 Å². The van der Waals surface area contributed by atoms with Crippen LogP contribution in [0.2, 0.25) is 0 Å². The number of ether oxygens (including phenoxy) is 2. The standard InChI is InChI=1S/C15H20O3S/c1-17-11-5-10(6-12(7-11)18-2)15(16)8-13-3-4-14(9-15)19-13/h5-7,13-14,16H,3-4,8-9H2,1-2H3. The maximum atomic E-state index is 11.0. The van der Waals surface area contributed by atoms with Crippen LogP contribution >= 0.6 is 11.8 Å². The van der Waals surface area contributed by atoms with E-state index in [9.17, 15) is 5.11 Å². The summed E-state index contributed by atoms with van der Waals surface area (Å²) in [5, 5.41) is 12.2. The van der Waals surface area contributed by atoms with Crippen molar-refractivity contribution >= 4 is 11.8 Å². The maximum absolute atomic E-state index is 11.0. The number of methoxy groups -OCH3 is 2. The zero-order valence-corrected chi connectivity index (χ0v) is 12.2. The Kier molecular flexibility index (Phi) is 3.39. The summed E-state index contributed by atoms with van der Waals surface area (Å²) in [6.45, 7) is 0. The van der Waals surface area contributed by atoms with Gasteiger partial charge in [0.25, 0.3) is 0 Å². The highest BCUT2D eigenvalue weighted by atomic mass is 32.2. The SMILES string of the molecule is COc1cc(OC)cc(C2(O)CC3CCC(C2)S3)c1. The molecule has 0 aromatic heterocycles. The predicted octanol–water partition coefficient (Wildman–Crippen LogP) is 2.95. The molecule has 2 unspecified atom stereocenters. The first kappa shape index (κ1) is 13.1. The van der Waals surface area contributed by atoms with Gasteiger partial charge in [-0.2, -0.15) is 11.8 Å². The van der Waals surface area contributed by atoms with Crippen LogP contribution in [0, 0.1) is 0 Å². The Morgan fingerprint density at radius 1 is 1.05 bits per heavy atom. The van der Waals surface area contributed by atoms with E-state index in [4.69, 9.17) is 9.47 Å². The molecule has 104 valence electrons. The molecule has 1 aromatic carbocycles. The van der Waals surface area contributed by atoms with Crippen molar-refractivity contribution in [1.82, 2.24) is 0 Å². The summed E-state index contributed by atoms with van der Waals surface area (Å²) in [6, 6.07) is 5.73. The predicted molar refractivity (Wildman–Crippen MR) is 77.1 cm³/mol. The second-order valence-corrected chi connectivity index (χ2v) is 7.10. The van der Waals surface area contributed by atoms with Crippen molar-refractivity contribution in [2.24, 2.45) is 0 Å². The maximum Gasteiger partial charge on any atom is 0.122 e. The molecule has 2 fully saturated rings. The van der Waals surface area contributed by atoms with Crippen molar-refractivity contribution in [3.05, 3.63) is 23.8 Å². The van der Waals surface area contributed by atoms with Gasteiger partial charge < -0.3 is 14.6 Å². The zero-order chi connectivity index (χ0) is 13.5. The minimum absolute atomic E-state index is 0.598. The van der Waals surface area contributed by atoms with Gasteiger partial charge in [0, 0.05) is 16.6 Å². The van der Waals surface area contributed by atoms with Crippen LogP contribution in [-0.4, -0.2) is 29.8 Å². The molecule has 0 amide bonds. The van der Waals surface area contributed by atoms with Gasteiger partial charge in [-0.1, -0.05) is 0 Å². The monoisotopic (exact) mass is 280 g/mol. The molecule has 2 saturated heterocycles. The van der Waals surface area contributed by atoms with Crippen LogP contribution in [0.3, 0.4) is 0 Å². The first-order chi connectivity index (χ1) is 9.13. The third-order valence-corrected chi connectivity index (χ3v) is 5.79. The van der Waals surface area contributed by atoms with E-state index in [-0.39, 0.29) is 0 Å². The Labute approximate surface area is 118 Å². The number of hydrogen-bond donors (Lipinski definition) is 1. The Bertz CT molecular complexity index is 440. The second kappa shape index (κ2) is 4.91. The lowest BCUT2D eigenvalue weighted by molar-refractivity contribution is 0.0192. The van der Waals surface area contributed by atoms with Crippen molar-refractivity contribution in [1.29, 1.82) is 0 Å². The summed E-state index contributed by atoms with van der Waals surface area (Å²) >= 11 is 2.05. The van der Waals surface area contributed by atoms with Crippen molar-refractivity contribution in [3.63, 3.8) is 0 Å². The van der Waals surface area contributed by atoms with E-state index < -0.39 is 5.60 Å². The molecule has 1 N–H and O–H groups in total. The lowest BCUT2D eigenvalue weighted by atomic mass is 9.85. The number of fused-ring (bicyclic) bond motifs is 2. The van der Waals surface area contributed by atoms with Crippen LogP contribution in [-0.2, 0) is 5.60 Å². The summed E-state index contributed by atoms with van der Waals surface area (Å²) in [7, 11) is 3.28. The largest absolute Gasteiger partial charge is 0.497 e. The second-order valence-electron chi connectivity index (χ2n) is 5.50. The van der Waals surface area contributed by atoms with Gasteiger partial charge >= 0.3 is 0 Å². The van der Waals surface area contributed by atoms with Crippen LogP contribution in [0.5, 0.6) is 11.5 Å². The molecule has 19 heavy (non-hydrogen) atoms. The van der Waals surface area contributed by atoms with Crippen molar-refractivity contribution < 1.29 is 14.6 Å². The molecule has 0 radical (unpaired) electrons. The fourth-order valence-electron chi connectivity index (χ4n) is 3.23. The normalized spacial score (nSPS) is 33.2. The molecule has 2 atom stereocenters. The van der Waals surface area contributed by atoms with Crippen molar-refractivity contribution in [2.45, 2.75) is 41.8 Å². The molecule has 2 heterocycles. The number of hydrogen-bond acceptors (Lipinski definition) is 4. The molecule has 0 spiro atoms. The summed E-state index contributed by atoms with van der Waals surface area (Å²) in [4.78, 5) is 0. The quantitative estimate of drug-likeness (QED) is 0.924. The van der Waals surface area contributed by atoms with Crippen LogP contribution < -0.4 is 9.47 Å². The summed E-state index contributed by atoms with van der Waals surface area (Å²) in [6.07, 6.45) is 4.15. The molecule has 2 aliphatic rings. The van der Waals surface area contributed by atoms with E-state index in [1.165, 1.54) is 12.8 Å². The lowest BCUT2D eigenvalue weighted by Gasteiger charge is -2.36. The fourth-order valence-corrected chi connectivity index (χ4v) is 5.06. The van der Waals surface area contributed by atoms with Crippen LogP contribution in [0.4, 0.5) is 0 Å². The molecular formula is C15H20O3S. The highest BCUT2D eigenvalue weighted by Crippen LogP contribution is 2.51. The lowest BCUT2D eigenvalue weighted by Crippen LogP contribution is -2.34. The molecule has 3 nitrogen and oxygen atoms in total.